The summed E-state index contributed by atoms with van der Waals surface area (Å²) in [6.07, 6.45) is -0.403. The average molecular weight is 250 g/mol. The first-order chi connectivity index (χ1) is 8.11. The summed E-state index contributed by atoms with van der Waals surface area (Å²) in [6, 6.07) is 0.263. The van der Waals surface area contributed by atoms with Gasteiger partial charge in [0.2, 0.25) is 5.91 Å². The van der Waals surface area contributed by atoms with Crippen molar-refractivity contribution in [2.45, 2.75) is 31.7 Å². The van der Waals surface area contributed by atoms with Gasteiger partial charge in [-0.2, -0.15) is 0 Å². The van der Waals surface area contributed by atoms with Crippen LogP contribution in [-0.2, 0) is 9.53 Å². The number of halogens is 2. The lowest BCUT2D eigenvalue weighted by molar-refractivity contribution is -0.134. The maximum absolute atomic E-state index is 11.8. The van der Waals surface area contributed by atoms with Gasteiger partial charge in [-0.05, 0) is 25.9 Å². The largest absolute Gasteiger partial charge is 0.375 e. The van der Waals surface area contributed by atoms with Crippen LogP contribution in [0.4, 0.5) is 8.78 Å². The van der Waals surface area contributed by atoms with Gasteiger partial charge in [0.15, 0.2) is 0 Å². The van der Waals surface area contributed by atoms with Gasteiger partial charge in [-0.1, -0.05) is 0 Å². The smallest absolute Gasteiger partial charge is 0.261 e. The molecule has 1 saturated heterocycles. The predicted octanol–water partition coefficient (Wildman–Crippen LogP) is 0.869. The molecule has 4 nitrogen and oxygen atoms in total. The van der Waals surface area contributed by atoms with Crippen LogP contribution in [-0.4, -0.2) is 56.6 Å². The molecule has 100 valence electrons. The van der Waals surface area contributed by atoms with Crippen molar-refractivity contribution < 1.29 is 18.3 Å². The number of nitrogens with one attached hydrogen (secondary N) is 1. The van der Waals surface area contributed by atoms with E-state index < -0.39 is 13.0 Å². The first-order valence-electron chi connectivity index (χ1n) is 5.93. The Labute approximate surface area is 100 Å². The van der Waals surface area contributed by atoms with Gasteiger partial charge in [-0.15, -0.1) is 0 Å². The van der Waals surface area contributed by atoms with Crippen LogP contribution < -0.4 is 5.32 Å². The number of piperidine rings is 1. The molecule has 1 aliphatic rings. The number of hydrogen-bond donors (Lipinski definition) is 1. The first kappa shape index (κ1) is 14.3. The third-order valence-electron chi connectivity index (χ3n) is 2.95. The Hall–Kier alpha value is -0.750. The lowest BCUT2D eigenvalue weighted by atomic mass is 10.1. The van der Waals surface area contributed by atoms with Gasteiger partial charge >= 0.3 is 0 Å². The Kier molecular flexibility index (Phi) is 6.36. The molecule has 1 N–H and O–H groups in total. The van der Waals surface area contributed by atoms with E-state index >= 15 is 0 Å². The van der Waals surface area contributed by atoms with E-state index in [1.807, 2.05) is 0 Å². The van der Waals surface area contributed by atoms with Crippen molar-refractivity contribution >= 4 is 5.91 Å². The van der Waals surface area contributed by atoms with E-state index in [0.29, 0.717) is 0 Å². The maximum atomic E-state index is 11.8. The maximum Gasteiger partial charge on any atom is 0.261 e. The number of hydrogen-bond acceptors (Lipinski definition) is 3. The highest BCUT2D eigenvalue weighted by Crippen LogP contribution is 2.11. The van der Waals surface area contributed by atoms with E-state index in [1.165, 1.54) is 0 Å². The fraction of sp³-hybridized carbons (Fsp3) is 0.909. The third-order valence-corrected chi connectivity index (χ3v) is 2.95. The highest BCUT2D eigenvalue weighted by Gasteiger charge is 2.21. The zero-order chi connectivity index (χ0) is 12.7. The second-order valence-electron chi connectivity index (χ2n) is 4.20. The van der Waals surface area contributed by atoms with E-state index in [2.05, 4.69) is 5.32 Å². The van der Waals surface area contributed by atoms with Gasteiger partial charge < -0.3 is 15.0 Å². The SMILES string of the molecule is CN(C(=O)CCOCC(F)F)C1CCNCC1. The second-order valence-corrected chi connectivity index (χ2v) is 4.20. The number of ether oxygens (including phenoxy) is 1. The standard InChI is InChI=1S/C11H20F2N2O2/c1-15(9-2-5-14-6-3-9)11(16)4-7-17-8-10(12)13/h9-10,14H,2-8H2,1H3. The van der Waals surface area contributed by atoms with Crippen LogP contribution in [0, 0.1) is 0 Å². The zero-order valence-corrected chi connectivity index (χ0v) is 10.1. The summed E-state index contributed by atoms with van der Waals surface area (Å²) in [6.45, 7) is 1.32. The van der Waals surface area contributed by atoms with Crippen LogP contribution in [0.5, 0.6) is 0 Å². The number of carbonyl (C=O) groups is 1. The Morgan fingerprint density at radius 2 is 2.12 bits per heavy atom. The molecule has 0 unspecified atom stereocenters. The van der Waals surface area contributed by atoms with Crippen molar-refractivity contribution in [2.24, 2.45) is 0 Å². The minimum absolute atomic E-state index is 0.0360. The quantitative estimate of drug-likeness (QED) is 0.711. The summed E-state index contributed by atoms with van der Waals surface area (Å²) in [4.78, 5) is 13.4. The molecule has 1 heterocycles. The number of nitrogens with zero attached hydrogens (tertiary/aromatic N) is 1. The summed E-state index contributed by atoms with van der Waals surface area (Å²) in [5.41, 5.74) is 0. The van der Waals surface area contributed by atoms with Gasteiger partial charge in [0.25, 0.3) is 6.43 Å². The zero-order valence-electron chi connectivity index (χ0n) is 10.1. The molecule has 0 aromatic carbocycles. The van der Waals surface area contributed by atoms with Crippen molar-refractivity contribution in [3.63, 3.8) is 0 Å². The summed E-state index contributed by atoms with van der Waals surface area (Å²) in [5, 5.41) is 3.23. The van der Waals surface area contributed by atoms with Crippen LogP contribution in [0.15, 0.2) is 0 Å². The normalized spacial score (nSPS) is 17.4. The van der Waals surface area contributed by atoms with Crippen molar-refractivity contribution in [1.29, 1.82) is 0 Å². The summed E-state index contributed by atoms with van der Waals surface area (Å²) in [7, 11) is 1.77. The van der Waals surface area contributed by atoms with Gasteiger partial charge in [-0.3, -0.25) is 4.79 Å². The summed E-state index contributed by atoms with van der Waals surface area (Å²) in [5.74, 6) is -0.0360. The molecular weight excluding hydrogens is 230 g/mol. The molecule has 0 radical (unpaired) electrons. The third kappa shape index (κ3) is 5.41. The van der Waals surface area contributed by atoms with E-state index in [-0.39, 0.29) is 25.0 Å². The van der Waals surface area contributed by atoms with Gasteiger partial charge in [0.1, 0.15) is 6.61 Å². The monoisotopic (exact) mass is 250 g/mol. The molecule has 1 rings (SSSR count). The number of amides is 1. The number of rotatable bonds is 6. The molecule has 0 atom stereocenters. The minimum Gasteiger partial charge on any atom is -0.375 e. The van der Waals surface area contributed by atoms with Crippen LogP contribution in [0.25, 0.3) is 0 Å². The molecule has 6 heteroatoms. The molecule has 0 aliphatic carbocycles. The van der Waals surface area contributed by atoms with E-state index in [9.17, 15) is 13.6 Å². The molecule has 1 amide bonds. The lowest BCUT2D eigenvalue weighted by Crippen LogP contribution is -2.44. The fourth-order valence-corrected chi connectivity index (χ4v) is 1.91. The van der Waals surface area contributed by atoms with E-state index in [4.69, 9.17) is 4.74 Å². The molecule has 0 aromatic rings. The van der Waals surface area contributed by atoms with E-state index in [1.54, 1.807) is 11.9 Å². The molecule has 17 heavy (non-hydrogen) atoms. The highest BCUT2D eigenvalue weighted by atomic mass is 19.3. The number of alkyl halides is 2. The number of carbonyl (C=O) groups excluding carboxylic acids is 1. The lowest BCUT2D eigenvalue weighted by Gasteiger charge is -2.31. The van der Waals surface area contributed by atoms with Gasteiger partial charge in [0, 0.05) is 13.1 Å². The van der Waals surface area contributed by atoms with Gasteiger partial charge in [0.05, 0.1) is 13.0 Å². The second kappa shape index (κ2) is 7.55. The Bertz CT molecular complexity index is 234. The van der Waals surface area contributed by atoms with Crippen LogP contribution in [0.2, 0.25) is 0 Å². The molecule has 1 aliphatic heterocycles. The first-order valence-corrected chi connectivity index (χ1v) is 5.93. The highest BCUT2D eigenvalue weighted by molar-refractivity contribution is 5.76. The minimum atomic E-state index is -2.47. The fourth-order valence-electron chi connectivity index (χ4n) is 1.91. The molecule has 1 fully saturated rings. The Morgan fingerprint density at radius 3 is 2.71 bits per heavy atom. The Morgan fingerprint density at radius 1 is 1.47 bits per heavy atom. The van der Waals surface area contributed by atoms with Crippen LogP contribution in [0.1, 0.15) is 19.3 Å². The molecule has 0 aromatic heterocycles. The van der Waals surface area contributed by atoms with E-state index in [0.717, 1.165) is 25.9 Å². The Balaban J connectivity index is 2.17. The predicted molar refractivity (Wildman–Crippen MR) is 60.1 cm³/mol. The molecule has 0 saturated carbocycles. The average Bonchev–Trinajstić information content (AvgIpc) is 2.34. The van der Waals surface area contributed by atoms with Crippen LogP contribution >= 0.6 is 0 Å². The van der Waals surface area contributed by atoms with Gasteiger partial charge in [-0.25, -0.2) is 8.78 Å². The molecule has 0 bridgehead atoms. The van der Waals surface area contributed by atoms with Crippen molar-refractivity contribution in [1.82, 2.24) is 10.2 Å². The summed E-state index contributed by atoms with van der Waals surface area (Å²) >= 11 is 0. The molecular formula is C11H20F2N2O2. The summed E-state index contributed by atoms with van der Waals surface area (Å²) < 4.78 is 28.3. The van der Waals surface area contributed by atoms with Crippen molar-refractivity contribution in [3.8, 4) is 0 Å². The van der Waals surface area contributed by atoms with Crippen molar-refractivity contribution in [3.05, 3.63) is 0 Å². The van der Waals surface area contributed by atoms with Crippen LogP contribution in [0.3, 0.4) is 0 Å². The topological polar surface area (TPSA) is 41.6 Å². The molecule has 0 spiro atoms. The van der Waals surface area contributed by atoms with Crippen molar-refractivity contribution in [2.75, 3.05) is 33.4 Å².